The molecule has 4 N–H and O–H groups in total. The van der Waals surface area contributed by atoms with E-state index in [0.29, 0.717) is 59.2 Å². The zero-order chi connectivity index (χ0) is 59.7. The molecule has 1 aliphatic carbocycles. The number of hydrogen-bond acceptors (Lipinski definition) is 13. The number of carbonyl (C=O) groups excluding carboxylic acids is 4. The van der Waals surface area contributed by atoms with Crippen LogP contribution in [-0.4, -0.2) is 182 Å². The molecule has 3 aliphatic heterocycles. The molecule has 4 aliphatic rings. The number of carbonyl (C=O) groups is 5. The topological polar surface area (TPSA) is 248 Å². The molecular formula is C59H69Cl2FN12O9S. The molecule has 3 saturated heterocycles. The maximum Gasteiger partial charge on any atom is 0.304 e. The molecule has 4 atom stereocenters. The lowest BCUT2D eigenvalue weighted by atomic mass is 9.66. The Balaban J connectivity index is 0.676. The number of sulfonamides is 1. The number of carboxylic acid groups (broad SMARTS) is 1. The summed E-state index contributed by atoms with van der Waals surface area (Å²) in [5.74, 6) is -3.39. The highest BCUT2D eigenvalue weighted by Gasteiger charge is 2.55. The number of H-pyrrole nitrogens is 1. The number of halogens is 3. The molecule has 4 fully saturated rings. The van der Waals surface area contributed by atoms with Crippen molar-refractivity contribution in [1.82, 2.24) is 53.8 Å². The van der Waals surface area contributed by atoms with Crippen LogP contribution in [0.4, 0.5) is 15.9 Å². The van der Waals surface area contributed by atoms with Crippen LogP contribution in [0.3, 0.4) is 0 Å². The number of aliphatic carboxylic acids is 1. The fourth-order valence-electron chi connectivity index (χ4n) is 11.7. The summed E-state index contributed by atoms with van der Waals surface area (Å²) in [6, 6.07) is 16.9. The molecule has 25 heteroatoms. The number of piperidine rings is 1. The van der Waals surface area contributed by atoms with Gasteiger partial charge in [-0.2, -0.15) is 9.40 Å². The summed E-state index contributed by atoms with van der Waals surface area (Å²) in [5.41, 5.74) is 2.65. The van der Waals surface area contributed by atoms with Crippen LogP contribution in [0.2, 0.25) is 10.0 Å². The van der Waals surface area contributed by atoms with Gasteiger partial charge in [-0.15, -0.1) is 0 Å². The lowest BCUT2D eigenvalue weighted by molar-refractivity contribution is -0.162. The van der Waals surface area contributed by atoms with E-state index in [1.54, 1.807) is 71.7 Å². The largest absolute Gasteiger partial charge is 0.481 e. The van der Waals surface area contributed by atoms with Crippen LogP contribution in [0.5, 0.6) is 0 Å². The minimum Gasteiger partial charge on any atom is -0.481 e. The van der Waals surface area contributed by atoms with Gasteiger partial charge in [0.25, 0.3) is 5.91 Å². The molecule has 6 aromatic rings. The highest BCUT2D eigenvalue weighted by molar-refractivity contribution is 7.89. The van der Waals surface area contributed by atoms with Gasteiger partial charge in [0, 0.05) is 104 Å². The third-order valence-electron chi connectivity index (χ3n) is 16.4. The summed E-state index contributed by atoms with van der Waals surface area (Å²) in [6.45, 7) is 8.91. The van der Waals surface area contributed by atoms with Gasteiger partial charge in [0.15, 0.2) is 11.5 Å². The molecule has 446 valence electrons. The normalized spacial score (nSPS) is 20.5. The first-order valence-electron chi connectivity index (χ1n) is 28.2. The van der Waals surface area contributed by atoms with Crippen LogP contribution in [0.15, 0.2) is 91.5 Å². The van der Waals surface area contributed by atoms with Crippen molar-refractivity contribution in [3.63, 3.8) is 0 Å². The van der Waals surface area contributed by atoms with Crippen LogP contribution < -0.4 is 10.6 Å². The predicted octanol–water partition coefficient (Wildman–Crippen LogP) is 7.20. The van der Waals surface area contributed by atoms with Gasteiger partial charge in [0.1, 0.15) is 12.4 Å². The number of anilines is 2. The van der Waals surface area contributed by atoms with E-state index in [-0.39, 0.29) is 87.9 Å². The zero-order valence-electron chi connectivity index (χ0n) is 47.3. The summed E-state index contributed by atoms with van der Waals surface area (Å²) in [5, 5.41) is 23.9. The fraction of sp³-hybridized carbons (Fsp3) is 0.458. The number of likely N-dealkylation sites (tertiary alicyclic amines) is 1. The summed E-state index contributed by atoms with van der Waals surface area (Å²) < 4.78 is 53.8. The van der Waals surface area contributed by atoms with Crippen LogP contribution >= 0.6 is 23.2 Å². The Kier molecular flexibility index (Phi) is 17.8. The Morgan fingerprint density at radius 2 is 1.64 bits per heavy atom. The van der Waals surface area contributed by atoms with Crippen molar-refractivity contribution in [2.75, 3.05) is 89.7 Å². The predicted molar refractivity (Wildman–Crippen MR) is 314 cm³/mol. The Bertz CT molecular complexity index is 3530. The number of amides is 4. The number of piperazine rings is 2. The van der Waals surface area contributed by atoms with Crippen molar-refractivity contribution >= 4 is 80.0 Å². The molecule has 21 nitrogen and oxygen atoms in total. The zero-order valence-corrected chi connectivity index (χ0v) is 49.6. The maximum atomic E-state index is 15.7. The van der Waals surface area contributed by atoms with Gasteiger partial charge in [-0.25, -0.2) is 22.8 Å². The Morgan fingerprint density at radius 1 is 0.917 bits per heavy atom. The van der Waals surface area contributed by atoms with Gasteiger partial charge in [-0.1, -0.05) is 75.2 Å². The van der Waals surface area contributed by atoms with Crippen LogP contribution in [0, 0.1) is 16.6 Å². The van der Waals surface area contributed by atoms with E-state index in [1.807, 2.05) is 54.5 Å². The molecule has 1 saturated carbocycles. The molecule has 0 radical (unpaired) electrons. The standard InChI is InChI=1S/C59H69Cl2FN12O9S/c1-58(2,3)49(74-53(38-10-13-42(60)14-11-38)44(39-6-5-7-43(61)26-39)28-59(4,57(74)80)29-52(77)78)36-84(81,82)72-23-21-70(22-24-72)51(76)35-83-25-16-63-50(75)34-69-17-19-71(20-18-69)56(79)40-12-15-46(45(62)27-40)67-54-55-64-32-48(41-30-65-66-31-41)73(55)33-47(68-54)37-8-9-37/h5-7,10-15,26-27,30-33,37,44,49,53H,8-9,16-25,28-29,34-36H2,1-4H3,(H,63,75)(H,65,66)(H,67,68)(H,77,78)/t44-,49-,53-,59-/m1/s1. The summed E-state index contributed by atoms with van der Waals surface area (Å²) in [7, 11) is -4.10. The van der Waals surface area contributed by atoms with Gasteiger partial charge in [0.05, 0.1) is 72.3 Å². The molecule has 0 unspecified atom stereocenters. The van der Waals surface area contributed by atoms with Gasteiger partial charge in [-0.3, -0.25) is 38.4 Å². The maximum absolute atomic E-state index is 15.7. The quantitative estimate of drug-likeness (QED) is 0.0552. The monoisotopic (exact) mass is 1210 g/mol. The van der Waals surface area contributed by atoms with E-state index < -0.39 is 68.7 Å². The van der Waals surface area contributed by atoms with E-state index in [9.17, 15) is 32.7 Å². The number of benzene rings is 3. The second kappa shape index (κ2) is 24.9. The van der Waals surface area contributed by atoms with Crippen molar-refractivity contribution in [1.29, 1.82) is 0 Å². The smallest absolute Gasteiger partial charge is 0.304 e. The molecular weight excluding hydrogens is 1140 g/mol. The van der Waals surface area contributed by atoms with Gasteiger partial charge >= 0.3 is 5.97 Å². The number of imidazole rings is 1. The molecule has 3 aromatic heterocycles. The molecule has 0 bridgehead atoms. The fourth-order valence-corrected chi connectivity index (χ4v) is 14.0. The Labute approximate surface area is 496 Å². The highest BCUT2D eigenvalue weighted by Crippen LogP contribution is 2.54. The van der Waals surface area contributed by atoms with Crippen molar-refractivity contribution < 1.29 is 46.6 Å². The third-order valence-corrected chi connectivity index (χ3v) is 18.8. The molecule has 6 heterocycles. The van der Waals surface area contributed by atoms with Gasteiger partial charge in [-0.05, 0) is 78.3 Å². The number of aromatic amines is 1. The number of nitrogens with one attached hydrogen (secondary N) is 3. The number of ether oxygens (including phenoxy) is 1. The lowest BCUT2D eigenvalue weighted by Gasteiger charge is -2.54. The molecule has 10 rings (SSSR count). The molecule has 3 aromatic carbocycles. The third kappa shape index (κ3) is 13.6. The summed E-state index contributed by atoms with van der Waals surface area (Å²) in [6.07, 6.45) is 8.89. The minimum absolute atomic E-state index is 0.00340. The number of rotatable bonds is 20. The number of hydrogen-bond donors (Lipinski definition) is 4. The van der Waals surface area contributed by atoms with Crippen molar-refractivity contribution in [3.8, 4) is 11.3 Å². The van der Waals surface area contributed by atoms with Crippen LogP contribution in [-0.2, 0) is 33.9 Å². The number of aromatic nitrogens is 5. The average molecular weight is 1210 g/mol. The SMILES string of the molecule is CC(C)(C)[C@@H](CS(=O)(=O)N1CCN(C(=O)COCCNC(=O)CN2CCN(C(=O)c3ccc(Nc4nc(C5CC5)cn5c(-c6cn[nH]c6)cnc45)c(F)c3)CC2)CC1)N1C(=O)[C@@](C)(CC(=O)O)C[C@H](c2cccc(Cl)c2)[C@H]1c1ccc(Cl)cc1. The highest BCUT2D eigenvalue weighted by atomic mass is 35.5. The van der Waals surface area contributed by atoms with Crippen molar-refractivity contribution in [3.05, 3.63) is 130 Å². The van der Waals surface area contributed by atoms with Crippen LogP contribution in [0.25, 0.3) is 16.9 Å². The second-order valence-corrected chi connectivity index (χ2v) is 26.4. The van der Waals surface area contributed by atoms with Gasteiger partial charge in [0.2, 0.25) is 27.7 Å². The van der Waals surface area contributed by atoms with E-state index in [4.69, 9.17) is 32.9 Å². The number of nitrogens with zero attached hydrogens (tertiary/aromatic N) is 9. The van der Waals surface area contributed by atoms with Crippen LogP contribution in [0.1, 0.15) is 98.4 Å². The van der Waals surface area contributed by atoms with E-state index >= 15 is 9.18 Å². The van der Waals surface area contributed by atoms with Crippen molar-refractivity contribution in [2.24, 2.45) is 10.8 Å². The lowest BCUT2D eigenvalue weighted by Crippen LogP contribution is -2.62. The summed E-state index contributed by atoms with van der Waals surface area (Å²) >= 11 is 12.9. The van der Waals surface area contributed by atoms with E-state index in [2.05, 4.69) is 25.8 Å². The Morgan fingerprint density at radius 3 is 2.30 bits per heavy atom. The average Bonchev–Trinajstić information content (AvgIpc) is 1.88. The second-order valence-electron chi connectivity index (χ2n) is 23.5. The minimum atomic E-state index is -4.10. The van der Waals surface area contributed by atoms with Gasteiger partial charge < -0.3 is 35.2 Å². The molecule has 84 heavy (non-hydrogen) atoms. The number of carboxylic acids is 1. The summed E-state index contributed by atoms with van der Waals surface area (Å²) in [4.78, 5) is 83.3. The van der Waals surface area contributed by atoms with E-state index in [0.717, 1.165) is 35.4 Å². The molecule has 0 spiro atoms. The first-order chi connectivity index (χ1) is 40.0. The first-order valence-corrected chi connectivity index (χ1v) is 30.5. The first kappa shape index (κ1) is 60.1. The Hall–Kier alpha value is -7.02. The van der Waals surface area contributed by atoms with E-state index in [1.165, 1.54) is 21.3 Å². The number of fused-ring (bicyclic) bond motifs is 1. The van der Waals surface area contributed by atoms with Crippen molar-refractivity contribution in [2.45, 2.75) is 77.3 Å². The molecule has 4 amide bonds.